The van der Waals surface area contributed by atoms with Gasteiger partial charge >= 0.3 is 0 Å². The predicted molar refractivity (Wildman–Crippen MR) is 77.7 cm³/mol. The number of carbonyl (C=O) groups is 1. The van der Waals surface area contributed by atoms with Gasteiger partial charge in [0.15, 0.2) is 5.78 Å². The Balaban J connectivity index is 2.45. The van der Waals surface area contributed by atoms with E-state index in [2.05, 4.69) is 0 Å². The lowest BCUT2D eigenvalue weighted by molar-refractivity contribution is 0.0939. The van der Waals surface area contributed by atoms with E-state index in [-0.39, 0.29) is 5.56 Å². The van der Waals surface area contributed by atoms with Crippen molar-refractivity contribution in [2.75, 3.05) is 0 Å². The third-order valence-electron chi connectivity index (χ3n) is 2.97. The maximum absolute atomic E-state index is 12.4. The van der Waals surface area contributed by atoms with Gasteiger partial charge < -0.3 is 0 Å². The second-order valence-electron chi connectivity index (χ2n) is 4.27. The summed E-state index contributed by atoms with van der Waals surface area (Å²) in [6, 6.07) is 5.97. The van der Waals surface area contributed by atoms with E-state index in [1.165, 1.54) is 42.5 Å². The van der Waals surface area contributed by atoms with Crippen molar-refractivity contribution in [3.05, 3.63) is 59.2 Å². The second kappa shape index (κ2) is 5.33. The van der Waals surface area contributed by atoms with Crippen molar-refractivity contribution in [2.45, 2.75) is 4.21 Å². The number of rotatable bonds is 3. The Morgan fingerprint density at radius 1 is 1.20 bits per heavy atom. The molecule has 106 valence electrons. The fourth-order valence-corrected chi connectivity index (χ4v) is 3.03. The second-order valence-corrected chi connectivity index (χ2v) is 7.18. The van der Waals surface area contributed by atoms with Crippen LogP contribution in [0, 0.1) is 5.92 Å². The zero-order valence-electron chi connectivity index (χ0n) is 10.0. The molecule has 4 nitrogen and oxygen atoms in total. The molecule has 1 aromatic carbocycles. The van der Waals surface area contributed by atoms with Crippen LogP contribution in [0.4, 0.5) is 0 Å². The van der Waals surface area contributed by atoms with Crippen molar-refractivity contribution in [2.24, 2.45) is 5.92 Å². The largest absolute Gasteiger partial charge is 0.293 e. The highest BCUT2D eigenvalue weighted by atomic mass is 35.5. The van der Waals surface area contributed by atoms with Crippen LogP contribution in [0.1, 0.15) is 10.4 Å². The van der Waals surface area contributed by atoms with Crippen molar-refractivity contribution in [3.8, 4) is 0 Å². The van der Waals surface area contributed by atoms with E-state index >= 15 is 0 Å². The Morgan fingerprint density at radius 2 is 1.80 bits per heavy atom. The summed E-state index contributed by atoms with van der Waals surface area (Å²) in [6.07, 6.45) is 5.30. The Labute approximate surface area is 126 Å². The summed E-state index contributed by atoms with van der Waals surface area (Å²) in [7, 11) is -4.66. The van der Waals surface area contributed by atoms with Gasteiger partial charge in [-0.25, -0.2) is 0 Å². The molecular weight excluding hydrogens is 323 g/mol. The molecule has 0 heterocycles. The summed E-state index contributed by atoms with van der Waals surface area (Å²) in [4.78, 5) is 12.4. The summed E-state index contributed by atoms with van der Waals surface area (Å²) in [5.74, 6) is -1.74. The number of halogens is 2. The molecule has 1 aliphatic rings. The lowest BCUT2D eigenvalue weighted by atomic mass is 9.91. The molecule has 0 radical (unpaired) electrons. The summed E-state index contributed by atoms with van der Waals surface area (Å²) in [5, 5.41) is 0.451. The van der Waals surface area contributed by atoms with E-state index < -0.39 is 26.0 Å². The van der Waals surface area contributed by atoms with Crippen LogP contribution in [0.15, 0.2) is 48.6 Å². The summed E-state index contributed by atoms with van der Waals surface area (Å²) < 4.78 is 30.0. The third-order valence-corrected chi connectivity index (χ3v) is 5.35. The van der Waals surface area contributed by atoms with E-state index in [1.807, 2.05) is 0 Å². The first-order chi connectivity index (χ1) is 9.25. The minimum atomic E-state index is -4.66. The van der Waals surface area contributed by atoms with E-state index in [1.54, 1.807) is 0 Å². The topological polar surface area (TPSA) is 71.4 Å². The highest BCUT2D eigenvalue weighted by molar-refractivity contribution is 7.89. The van der Waals surface area contributed by atoms with Gasteiger partial charge in [-0.15, -0.1) is 0 Å². The van der Waals surface area contributed by atoms with Gasteiger partial charge in [-0.2, -0.15) is 8.42 Å². The first-order valence-electron chi connectivity index (χ1n) is 5.57. The monoisotopic (exact) mass is 332 g/mol. The fraction of sp³-hybridized carbons (Fsp3) is 0.154. The van der Waals surface area contributed by atoms with Crippen LogP contribution in [0.2, 0.25) is 5.02 Å². The first-order valence-corrected chi connectivity index (χ1v) is 7.77. The number of allylic oxidation sites excluding steroid dienone is 3. The average Bonchev–Trinajstić information content (AvgIpc) is 2.38. The molecule has 1 aromatic rings. The van der Waals surface area contributed by atoms with Gasteiger partial charge in [0.1, 0.15) is 0 Å². The van der Waals surface area contributed by atoms with E-state index in [0.717, 1.165) is 6.08 Å². The molecule has 0 amide bonds. The highest BCUT2D eigenvalue weighted by Gasteiger charge is 2.49. The van der Waals surface area contributed by atoms with Crippen LogP contribution in [0.5, 0.6) is 0 Å². The number of Topliss-reactive ketones (excluding diaryl/α,β-unsaturated/α-hetero) is 1. The van der Waals surface area contributed by atoms with Crippen LogP contribution in [-0.4, -0.2) is 23.0 Å². The molecule has 2 rings (SSSR count). The molecule has 0 saturated heterocycles. The molecule has 2 unspecified atom stereocenters. The van der Waals surface area contributed by atoms with Gasteiger partial charge in [-0.05, 0) is 30.3 Å². The highest BCUT2D eigenvalue weighted by Crippen LogP contribution is 2.38. The zero-order chi connectivity index (χ0) is 15.0. The Bertz CT molecular complexity index is 692. The molecule has 7 heteroatoms. The molecule has 0 spiro atoms. The van der Waals surface area contributed by atoms with Gasteiger partial charge in [-0.3, -0.25) is 9.35 Å². The quantitative estimate of drug-likeness (QED) is 0.524. The van der Waals surface area contributed by atoms with Crippen LogP contribution >= 0.6 is 23.2 Å². The zero-order valence-corrected chi connectivity index (χ0v) is 12.4. The van der Waals surface area contributed by atoms with Gasteiger partial charge in [0, 0.05) is 10.6 Å². The maximum Gasteiger partial charge on any atom is 0.289 e. The van der Waals surface area contributed by atoms with Crippen LogP contribution in [-0.2, 0) is 10.1 Å². The van der Waals surface area contributed by atoms with Gasteiger partial charge in [0.25, 0.3) is 10.1 Å². The summed E-state index contributed by atoms with van der Waals surface area (Å²) in [5.41, 5.74) is 0.257. The van der Waals surface area contributed by atoms with Crippen LogP contribution < -0.4 is 0 Å². The minimum absolute atomic E-state index is 0.257. The molecular formula is C13H10Cl2O4S. The normalized spacial score (nSPS) is 25.6. The smallest absolute Gasteiger partial charge is 0.289 e. The summed E-state index contributed by atoms with van der Waals surface area (Å²) in [6.45, 7) is 0. The van der Waals surface area contributed by atoms with Crippen molar-refractivity contribution in [1.82, 2.24) is 0 Å². The maximum atomic E-state index is 12.4. The van der Waals surface area contributed by atoms with Crippen molar-refractivity contribution >= 4 is 39.1 Å². The van der Waals surface area contributed by atoms with E-state index in [9.17, 15) is 17.8 Å². The lowest BCUT2D eigenvalue weighted by Gasteiger charge is -2.28. The number of ketones is 1. The Hall–Kier alpha value is -1.14. The van der Waals surface area contributed by atoms with Crippen molar-refractivity contribution < 1.29 is 17.8 Å². The number of benzene rings is 1. The third kappa shape index (κ3) is 2.67. The van der Waals surface area contributed by atoms with Crippen LogP contribution in [0.3, 0.4) is 0 Å². The molecule has 0 aliphatic heterocycles. The SMILES string of the molecule is O=C(c1ccc(Cl)cc1)C1C=CC=CC1(Cl)S(=O)(=O)O. The van der Waals surface area contributed by atoms with Crippen molar-refractivity contribution in [3.63, 3.8) is 0 Å². The van der Waals surface area contributed by atoms with E-state index in [0.29, 0.717) is 5.02 Å². The van der Waals surface area contributed by atoms with Gasteiger partial charge in [-0.1, -0.05) is 41.4 Å². The van der Waals surface area contributed by atoms with Gasteiger partial charge in [0.05, 0.1) is 5.92 Å². The fourth-order valence-electron chi connectivity index (χ4n) is 1.90. The molecule has 1 aliphatic carbocycles. The number of hydrogen-bond acceptors (Lipinski definition) is 3. The molecule has 0 bridgehead atoms. The molecule has 1 N–H and O–H groups in total. The molecule has 0 fully saturated rings. The number of alkyl halides is 1. The predicted octanol–water partition coefficient (Wildman–Crippen LogP) is 3.09. The lowest BCUT2D eigenvalue weighted by Crippen LogP contribution is -2.42. The number of hydrogen-bond donors (Lipinski definition) is 1. The Morgan fingerprint density at radius 3 is 2.35 bits per heavy atom. The summed E-state index contributed by atoms with van der Waals surface area (Å²) >= 11 is 11.7. The Kier molecular flexibility index (Phi) is 4.07. The van der Waals surface area contributed by atoms with Crippen molar-refractivity contribution in [1.29, 1.82) is 0 Å². The van der Waals surface area contributed by atoms with Gasteiger partial charge in [0.2, 0.25) is 4.21 Å². The molecule has 20 heavy (non-hydrogen) atoms. The first kappa shape index (κ1) is 15.3. The number of carbonyl (C=O) groups excluding carboxylic acids is 1. The minimum Gasteiger partial charge on any atom is -0.293 e. The van der Waals surface area contributed by atoms with Crippen LogP contribution in [0.25, 0.3) is 0 Å². The standard InChI is InChI=1S/C13H10Cl2O4S/c14-10-6-4-9(5-7-10)12(16)11-3-1-2-8-13(11,15)20(17,18)19/h1-8,11H,(H,17,18,19). The molecule has 0 saturated carbocycles. The van der Waals surface area contributed by atoms with E-state index in [4.69, 9.17) is 23.2 Å². The molecule has 0 aromatic heterocycles. The molecule has 2 atom stereocenters. The average molecular weight is 333 g/mol.